The lowest BCUT2D eigenvalue weighted by Crippen LogP contribution is -2.23. The molecule has 0 saturated carbocycles. The Hall–Kier alpha value is -1.36. The number of nitrogens with zero attached hydrogens (tertiary/aromatic N) is 2. The van der Waals surface area contributed by atoms with Crippen LogP contribution in [0.4, 0.5) is 5.69 Å². The fourth-order valence-corrected chi connectivity index (χ4v) is 1.80. The zero-order valence-electron chi connectivity index (χ0n) is 6.56. The summed E-state index contributed by atoms with van der Waals surface area (Å²) in [5.41, 5.74) is 0.531. The molecule has 1 aromatic rings. The van der Waals surface area contributed by atoms with Crippen LogP contribution in [0.25, 0.3) is 0 Å². The first-order chi connectivity index (χ1) is 6.29. The quantitative estimate of drug-likeness (QED) is 0.480. The van der Waals surface area contributed by atoms with Crippen LogP contribution < -0.4 is 4.31 Å². The molecule has 13 heavy (non-hydrogen) atoms. The lowest BCUT2D eigenvalue weighted by molar-refractivity contribution is -0.133. The van der Waals surface area contributed by atoms with E-state index in [2.05, 4.69) is 11.2 Å². The zero-order chi connectivity index (χ0) is 9.26. The van der Waals surface area contributed by atoms with E-state index in [-0.39, 0.29) is 11.5 Å². The van der Waals surface area contributed by atoms with Gasteiger partial charge < -0.3 is 0 Å². The van der Waals surface area contributed by atoms with Crippen LogP contribution >= 0.6 is 11.9 Å². The van der Waals surface area contributed by atoms with Crippen molar-refractivity contribution in [1.29, 1.82) is 0 Å². The van der Waals surface area contributed by atoms with E-state index in [1.54, 1.807) is 18.3 Å². The molecule has 0 aliphatic carbocycles. The van der Waals surface area contributed by atoms with Crippen LogP contribution in [-0.2, 0) is 9.59 Å². The highest BCUT2D eigenvalue weighted by molar-refractivity contribution is 8.03. The third kappa shape index (κ3) is 1.42. The summed E-state index contributed by atoms with van der Waals surface area (Å²) in [6.07, 6.45) is 4.21. The van der Waals surface area contributed by atoms with Gasteiger partial charge in [-0.1, -0.05) is 0 Å². The minimum atomic E-state index is -0.491. The van der Waals surface area contributed by atoms with Gasteiger partial charge in [-0.2, -0.15) is 0 Å². The maximum Gasteiger partial charge on any atom is 0.305 e. The Morgan fingerprint density at radius 2 is 2.38 bits per heavy atom. The second-order valence-electron chi connectivity index (χ2n) is 2.43. The van der Waals surface area contributed by atoms with Gasteiger partial charge in [-0.25, -0.2) is 4.31 Å². The van der Waals surface area contributed by atoms with Crippen LogP contribution in [0.2, 0.25) is 0 Å². The largest absolute Gasteiger partial charge is 0.305 e. The molecule has 0 unspecified atom stereocenters. The van der Waals surface area contributed by atoms with Crippen molar-refractivity contribution in [3.05, 3.63) is 24.5 Å². The number of anilines is 1. The van der Waals surface area contributed by atoms with Crippen molar-refractivity contribution in [2.75, 3.05) is 10.1 Å². The number of pyridine rings is 1. The first-order valence-corrected chi connectivity index (χ1v) is 4.56. The van der Waals surface area contributed by atoms with Crippen molar-refractivity contribution in [1.82, 2.24) is 4.98 Å². The van der Waals surface area contributed by atoms with Gasteiger partial charge in [0.1, 0.15) is 6.20 Å². The first kappa shape index (κ1) is 8.25. The lowest BCUT2D eigenvalue weighted by atomic mass is 10.3. The van der Waals surface area contributed by atoms with E-state index in [4.69, 9.17) is 0 Å². The van der Waals surface area contributed by atoms with Crippen molar-refractivity contribution in [3.63, 3.8) is 0 Å². The maximum atomic E-state index is 11.2. The van der Waals surface area contributed by atoms with Gasteiger partial charge in [0, 0.05) is 6.20 Å². The van der Waals surface area contributed by atoms with Gasteiger partial charge >= 0.3 is 5.91 Å². The topological polar surface area (TPSA) is 50.3 Å². The molecule has 1 aromatic heterocycles. The fraction of sp³-hybridized carbons (Fsp3) is 0.125. The molecule has 1 saturated heterocycles. The summed E-state index contributed by atoms with van der Waals surface area (Å²) in [4.78, 5) is 25.9. The van der Waals surface area contributed by atoms with Gasteiger partial charge in [0.05, 0.1) is 11.4 Å². The summed E-state index contributed by atoms with van der Waals surface area (Å²) in [5, 5.41) is 0. The molecule has 5 heteroatoms. The summed E-state index contributed by atoms with van der Waals surface area (Å²) >= 11 is 1.17. The van der Waals surface area contributed by atoms with Crippen LogP contribution in [-0.4, -0.2) is 22.4 Å². The van der Waals surface area contributed by atoms with Crippen molar-refractivity contribution in [3.8, 4) is 0 Å². The van der Waals surface area contributed by atoms with Crippen molar-refractivity contribution >= 4 is 29.3 Å². The summed E-state index contributed by atoms with van der Waals surface area (Å²) in [6.45, 7) is 0. The number of rotatable bonds is 1. The highest BCUT2D eigenvalue weighted by atomic mass is 32.2. The molecule has 0 atom stereocenters. The molecular formula is C8H5N2O2S. The average Bonchev–Trinajstić information content (AvgIpc) is 2.49. The molecular weight excluding hydrogens is 188 g/mol. The van der Waals surface area contributed by atoms with Crippen LogP contribution in [0, 0.1) is 6.20 Å². The number of aromatic nitrogens is 1. The molecule has 1 aliphatic rings. The third-order valence-electron chi connectivity index (χ3n) is 1.56. The minimum Gasteiger partial charge on any atom is -0.288 e. The van der Waals surface area contributed by atoms with Crippen molar-refractivity contribution < 1.29 is 9.59 Å². The third-order valence-corrected chi connectivity index (χ3v) is 2.57. The highest BCUT2D eigenvalue weighted by Crippen LogP contribution is 2.26. The van der Waals surface area contributed by atoms with Crippen LogP contribution in [0.3, 0.4) is 0 Å². The van der Waals surface area contributed by atoms with E-state index in [1.165, 1.54) is 16.3 Å². The van der Waals surface area contributed by atoms with E-state index >= 15 is 0 Å². The molecule has 0 N–H and O–H groups in total. The average molecular weight is 193 g/mol. The molecule has 1 aliphatic heterocycles. The standard InChI is InChI=1S/C8H5N2O2S/c11-7-5-13-10(8(7)12)6-2-1-3-9-4-6/h1-3H,5H2. The molecule has 4 nitrogen and oxygen atoms in total. The molecule has 0 aromatic carbocycles. The Morgan fingerprint density at radius 1 is 1.54 bits per heavy atom. The van der Waals surface area contributed by atoms with E-state index in [1.807, 2.05) is 0 Å². The molecule has 0 bridgehead atoms. The predicted octanol–water partition coefficient (Wildman–Crippen LogP) is 0.446. The molecule has 1 fully saturated rings. The second kappa shape index (κ2) is 3.18. The van der Waals surface area contributed by atoms with E-state index in [0.29, 0.717) is 5.69 Å². The monoisotopic (exact) mass is 193 g/mol. The number of hydrogen-bond donors (Lipinski definition) is 0. The first-order valence-electron chi connectivity index (χ1n) is 3.62. The molecule has 65 valence electrons. The minimum absolute atomic E-state index is 0.210. The van der Waals surface area contributed by atoms with Crippen LogP contribution in [0.15, 0.2) is 18.3 Å². The predicted molar refractivity (Wildman–Crippen MR) is 48.0 cm³/mol. The van der Waals surface area contributed by atoms with Gasteiger partial charge in [0.25, 0.3) is 0 Å². The number of ketones is 1. The van der Waals surface area contributed by atoms with Crippen molar-refractivity contribution in [2.24, 2.45) is 0 Å². The van der Waals surface area contributed by atoms with Crippen LogP contribution in [0.1, 0.15) is 0 Å². The van der Waals surface area contributed by atoms with Gasteiger partial charge in [0.15, 0.2) is 0 Å². The van der Waals surface area contributed by atoms with Gasteiger partial charge in [-0.05, 0) is 24.1 Å². The zero-order valence-corrected chi connectivity index (χ0v) is 7.37. The fourth-order valence-electron chi connectivity index (χ4n) is 0.967. The van der Waals surface area contributed by atoms with Crippen LogP contribution in [0.5, 0.6) is 0 Å². The van der Waals surface area contributed by atoms with E-state index in [9.17, 15) is 9.59 Å². The van der Waals surface area contributed by atoms with E-state index < -0.39 is 5.91 Å². The smallest absolute Gasteiger partial charge is 0.288 e. The number of Topliss-reactive ketones (excluding diaryl/α,β-unsaturated/α-hetero) is 1. The Balaban J connectivity index is 2.29. The Morgan fingerprint density at radius 3 is 2.92 bits per heavy atom. The molecule has 2 rings (SSSR count). The highest BCUT2D eigenvalue weighted by Gasteiger charge is 2.31. The molecule has 0 spiro atoms. The second-order valence-corrected chi connectivity index (χ2v) is 3.34. The summed E-state index contributed by atoms with van der Waals surface area (Å²) < 4.78 is 1.31. The van der Waals surface area contributed by atoms with Gasteiger partial charge in [-0.15, -0.1) is 0 Å². The van der Waals surface area contributed by atoms with E-state index in [0.717, 1.165) is 0 Å². The number of carbonyl (C=O) groups is 2. The summed E-state index contributed by atoms with van der Waals surface area (Å²) in [6, 6.07) is 3.39. The SMILES string of the molecule is O=C1CSN(c2[c]nccc2)C1=O. The Bertz CT molecular complexity index is 352. The Labute approximate surface area is 79.1 Å². The number of amides is 1. The Kier molecular flexibility index (Phi) is 2.02. The van der Waals surface area contributed by atoms with Crippen molar-refractivity contribution in [2.45, 2.75) is 0 Å². The summed E-state index contributed by atoms with van der Waals surface area (Å²) in [7, 11) is 0. The molecule has 1 amide bonds. The molecule has 2 heterocycles. The number of carbonyl (C=O) groups excluding carboxylic acids is 2. The number of hydrogen-bond acceptors (Lipinski definition) is 4. The van der Waals surface area contributed by atoms with Gasteiger partial charge in [0.2, 0.25) is 5.78 Å². The molecule has 1 radical (unpaired) electrons. The normalized spacial score (nSPS) is 16.8. The lowest BCUT2D eigenvalue weighted by Gasteiger charge is -2.10. The summed E-state index contributed by atoms with van der Waals surface area (Å²) in [5.74, 6) is -0.654. The van der Waals surface area contributed by atoms with Gasteiger partial charge in [-0.3, -0.25) is 14.6 Å². The maximum absolute atomic E-state index is 11.2.